The van der Waals surface area contributed by atoms with Crippen LogP contribution in [-0.4, -0.2) is 21.2 Å². The van der Waals surface area contributed by atoms with Crippen LogP contribution in [-0.2, 0) is 10.0 Å². The summed E-state index contributed by atoms with van der Waals surface area (Å²) < 4.78 is 23.6. The van der Waals surface area contributed by atoms with Crippen LogP contribution in [0.1, 0.15) is 32.1 Å². The van der Waals surface area contributed by atoms with E-state index in [1.165, 1.54) is 0 Å². The summed E-state index contributed by atoms with van der Waals surface area (Å²) >= 11 is 0. The molecule has 0 aromatic rings. The fraction of sp³-hybridized carbons (Fsp3) is 0.875. The second-order valence-corrected chi connectivity index (χ2v) is 4.82. The van der Waals surface area contributed by atoms with Gasteiger partial charge in [-0.2, -0.15) is 5.26 Å². The normalized spacial score (nSPS) is 11.1. The van der Waals surface area contributed by atoms with Crippen molar-refractivity contribution < 1.29 is 8.42 Å². The molecule has 4 nitrogen and oxygen atoms in total. The first-order valence-corrected chi connectivity index (χ1v) is 6.27. The van der Waals surface area contributed by atoms with Crippen molar-refractivity contribution >= 4 is 10.0 Å². The summed E-state index contributed by atoms with van der Waals surface area (Å²) in [5.41, 5.74) is 0. The molecule has 0 radical (unpaired) electrons. The molecule has 0 aliphatic rings. The highest BCUT2D eigenvalue weighted by Crippen LogP contribution is 2.01. The Hall–Kier alpha value is -0.600. The molecule has 0 rings (SSSR count). The second-order valence-electron chi connectivity index (χ2n) is 2.99. The summed E-state index contributed by atoms with van der Waals surface area (Å²) in [6.45, 7) is 0.505. The average molecular weight is 204 g/mol. The minimum absolute atomic E-state index is 0.505. The maximum atomic E-state index is 10.6. The minimum atomic E-state index is -3.02. The Bertz CT molecular complexity index is 254. The van der Waals surface area contributed by atoms with E-state index in [-0.39, 0.29) is 0 Å². The SMILES string of the molecule is CS(=O)(=O)NCCCCCCC#N. The Morgan fingerprint density at radius 1 is 1.23 bits per heavy atom. The van der Waals surface area contributed by atoms with Gasteiger partial charge in [0.15, 0.2) is 0 Å². The molecule has 13 heavy (non-hydrogen) atoms. The zero-order chi connectivity index (χ0) is 10.2. The number of hydrogen-bond donors (Lipinski definition) is 1. The van der Waals surface area contributed by atoms with E-state index in [9.17, 15) is 8.42 Å². The number of sulfonamides is 1. The van der Waals surface area contributed by atoms with Gasteiger partial charge in [0.1, 0.15) is 0 Å². The fourth-order valence-corrected chi connectivity index (χ4v) is 1.46. The van der Waals surface area contributed by atoms with Crippen LogP contribution >= 0.6 is 0 Å². The third-order valence-electron chi connectivity index (χ3n) is 1.58. The van der Waals surface area contributed by atoms with Crippen molar-refractivity contribution in [3.8, 4) is 6.07 Å². The molecule has 0 heterocycles. The van der Waals surface area contributed by atoms with E-state index in [2.05, 4.69) is 10.8 Å². The van der Waals surface area contributed by atoms with Crippen LogP contribution in [0.25, 0.3) is 0 Å². The van der Waals surface area contributed by atoms with E-state index in [1.54, 1.807) is 0 Å². The predicted octanol–water partition coefficient (Wildman–Crippen LogP) is 1.01. The summed E-state index contributed by atoms with van der Waals surface area (Å²) in [6.07, 6.45) is 5.49. The van der Waals surface area contributed by atoms with Crippen LogP contribution in [0.5, 0.6) is 0 Å². The molecule has 76 valence electrons. The van der Waals surface area contributed by atoms with Crippen molar-refractivity contribution in [2.45, 2.75) is 32.1 Å². The van der Waals surface area contributed by atoms with Crippen molar-refractivity contribution in [1.29, 1.82) is 5.26 Å². The van der Waals surface area contributed by atoms with Crippen LogP contribution in [0.15, 0.2) is 0 Å². The topological polar surface area (TPSA) is 70.0 Å². The molecule has 0 saturated carbocycles. The van der Waals surface area contributed by atoms with Gasteiger partial charge in [-0.05, 0) is 12.8 Å². The Labute approximate surface area is 80.0 Å². The maximum Gasteiger partial charge on any atom is 0.208 e. The maximum absolute atomic E-state index is 10.6. The van der Waals surface area contributed by atoms with E-state index in [0.29, 0.717) is 13.0 Å². The van der Waals surface area contributed by atoms with Crippen LogP contribution in [0.3, 0.4) is 0 Å². The molecule has 5 heteroatoms. The number of nitriles is 1. The van der Waals surface area contributed by atoms with Crippen LogP contribution in [0.4, 0.5) is 0 Å². The van der Waals surface area contributed by atoms with Gasteiger partial charge in [-0.25, -0.2) is 13.1 Å². The third kappa shape index (κ3) is 11.4. The lowest BCUT2D eigenvalue weighted by atomic mass is 10.1. The standard InChI is InChI=1S/C8H16N2O2S/c1-13(11,12)10-8-6-4-2-3-5-7-9/h10H,2-6,8H2,1H3. The molecule has 0 aromatic carbocycles. The molecule has 0 bridgehead atoms. The zero-order valence-electron chi connectivity index (χ0n) is 7.91. The van der Waals surface area contributed by atoms with Gasteiger partial charge in [0.2, 0.25) is 10.0 Å². The van der Waals surface area contributed by atoms with Crippen molar-refractivity contribution in [3.05, 3.63) is 0 Å². The summed E-state index contributed by atoms with van der Waals surface area (Å²) in [5.74, 6) is 0. The summed E-state index contributed by atoms with van der Waals surface area (Å²) in [7, 11) is -3.02. The van der Waals surface area contributed by atoms with E-state index in [1.807, 2.05) is 0 Å². The average Bonchev–Trinajstić information content (AvgIpc) is 2.01. The lowest BCUT2D eigenvalue weighted by molar-refractivity contribution is 0.578. The van der Waals surface area contributed by atoms with Gasteiger partial charge in [0.25, 0.3) is 0 Å². The first-order chi connectivity index (χ1) is 6.06. The first kappa shape index (κ1) is 12.4. The fourth-order valence-electron chi connectivity index (χ4n) is 0.940. The third-order valence-corrected chi connectivity index (χ3v) is 2.31. The van der Waals surface area contributed by atoms with Gasteiger partial charge in [-0.3, -0.25) is 0 Å². The number of nitrogens with zero attached hydrogens (tertiary/aromatic N) is 1. The monoisotopic (exact) mass is 204 g/mol. The summed E-state index contributed by atoms with van der Waals surface area (Å²) in [6, 6.07) is 2.07. The molecule has 0 aliphatic heterocycles. The number of unbranched alkanes of at least 4 members (excludes halogenated alkanes) is 4. The largest absolute Gasteiger partial charge is 0.215 e. The number of nitrogens with one attached hydrogen (secondary N) is 1. The molecule has 0 atom stereocenters. The highest BCUT2D eigenvalue weighted by molar-refractivity contribution is 7.88. The van der Waals surface area contributed by atoms with E-state index in [0.717, 1.165) is 31.9 Å². The van der Waals surface area contributed by atoms with Gasteiger partial charge in [-0.1, -0.05) is 12.8 Å². The smallest absolute Gasteiger partial charge is 0.208 e. The van der Waals surface area contributed by atoms with E-state index >= 15 is 0 Å². The highest BCUT2D eigenvalue weighted by Gasteiger charge is 1.97. The molecule has 0 amide bonds. The van der Waals surface area contributed by atoms with Gasteiger partial charge in [-0.15, -0.1) is 0 Å². The molecule has 1 N–H and O–H groups in total. The van der Waals surface area contributed by atoms with E-state index in [4.69, 9.17) is 5.26 Å². The molecule has 0 spiro atoms. The van der Waals surface area contributed by atoms with Gasteiger partial charge >= 0.3 is 0 Å². The molecule has 0 aromatic heterocycles. The van der Waals surface area contributed by atoms with Crippen LogP contribution in [0.2, 0.25) is 0 Å². The van der Waals surface area contributed by atoms with Gasteiger partial charge in [0.05, 0.1) is 12.3 Å². The molecular weight excluding hydrogens is 188 g/mol. The lowest BCUT2D eigenvalue weighted by Crippen LogP contribution is -2.22. The van der Waals surface area contributed by atoms with Gasteiger partial charge in [0, 0.05) is 13.0 Å². The van der Waals surface area contributed by atoms with Crippen molar-refractivity contribution in [2.75, 3.05) is 12.8 Å². The van der Waals surface area contributed by atoms with Crippen LogP contribution < -0.4 is 4.72 Å². The Morgan fingerprint density at radius 2 is 1.85 bits per heavy atom. The minimum Gasteiger partial charge on any atom is -0.215 e. The molecule has 0 saturated heterocycles. The number of rotatable bonds is 7. The Kier molecular flexibility index (Phi) is 6.55. The van der Waals surface area contributed by atoms with Crippen molar-refractivity contribution in [1.82, 2.24) is 4.72 Å². The second kappa shape index (κ2) is 6.87. The van der Waals surface area contributed by atoms with Crippen LogP contribution in [0, 0.1) is 11.3 Å². The van der Waals surface area contributed by atoms with Gasteiger partial charge < -0.3 is 0 Å². The van der Waals surface area contributed by atoms with Crippen molar-refractivity contribution in [2.24, 2.45) is 0 Å². The quantitative estimate of drug-likeness (QED) is 0.629. The summed E-state index contributed by atoms with van der Waals surface area (Å²) in [4.78, 5) is 0. The number of hydrogen-bond acceptors (Lipinski definition) is 3. The molecule has 0 aliphatic carbocycles. The molecule has 0 fully saturated rings. The summed E-state index contributed by atoms with van der Waals surface area (Å²) in [5, 5.41) is 8.23. The molecular formula is C8H16N2O2S. The Balaban J connectivity index is 3.14. The molecule has 0 unspecified atom stereocenters. The van der Waals surface area contributed by atoms with E-state index < -0.39 is 10.0 Å². The first-order valence-electron chi connectivity index (χ1n) is 4.38. The Morgan fingerprint density at radius 3 is 2.38 bits per heavy atom. The zero-order valence-corrected chi connectivity index (χ0v) is 8.73. The lowest BCUT2D eigenvalue weighted by Gasteiger charge is -2.00. The van der Waals surface area contributed by atoms with Crippen molar-refractivity contribution in [3.63, 3.8) is 0 Å². The predicted molar refractivity (Wildman–Crippen MR) is 51.5 cm³/mol. The highest BCUT2D eigenvalue weighted by atomic mass is 32.2.